The monoisotopic (exact) mass is 312 g/mol. The second-order valence-electron chi connectivity index (χ2n) is 4.98. The molecule has 1 N–H and O–H groups in total. The summed E-state index contributed by atoms with van der Waals surface area (Å²) in [6.45, 7) is 2.34. The van der Waals surface area contributed by atoms with Gasteiger partial charge in [-0.3, -0.25) is 9.78 Å². The molecule has 0 radical (unpaired) electrons. The van der Waals surface area contributed by atoms with Gasteiger partial charge in [-0.1, -0.05) is 12.1 Å². The van der Waals surface area contributed by atoms with Crippen LogP contribution in [0.2, 0.25) is 0 Å². The zero-order valence-corrected chi connectivity index (χ0v) is 13.2. The Bertz CT molecular complexity index is 840. The Balaban J connectivity index is 1.79. The molecule has 0 unspecified atom stereocenters. The van der Waals surface area contributed by atoms with Crippen LogP contribution in [-0.2, 0) is 13.6 Å². The first kappa shape index (κ1) is 14.5. The molecule has 22 heavy (non-hydrogen) atoms. The number of hydrogen-bond acceptors (Lipinski definition) is 5. The summed E-state index contributed by atoms with van der Waals surface area (Å²) in [6, 6.07) is 7.78. The Morgan fingerprint density at radius 1 is 1.27 bits per heavy atom. The van der Waals surface area contributed by atoms with Crippen LogP contribution < -0.4 is 10.9 Å². The first-order valence-electron chi connectivity index (χ1n) is 6.90. The number of hydrogen-bond donors (Lipinski definition) is 1. The molecular weight excluding hydrogens is 296 g/mol. The second-order valence-corrected chi connectivity index (χ2v) is 5.93. The van der Waals surface area contributed by atoms with Crippen LogP contribution in [0.15, 0.2) is 46.8 Å². The van der Waals surface area contributed by atoms with Gasteiger partial charge >= 0.3 is 0 Å². The number of pyridine rings is 1. The van der Waals surface area contributed by atoms with Crippen LogP contribution in [0.5, 0.6) is 0 Å². The van der Waals surface area contributed by atoms with Gasteiger partial charge in [-0.15, -0.1) is 11.3 Å². The highest BCUT2D eigenvalue weighted by molar-refractivity contribution is 7.13. The second kappa shape index (κ2) is 6.11. The van der Waals surface area contributed by atoms with E-state index in [2.05, 4.69) is 15.3 Å². The fraction of sp³-hybridized carbons (Fsp3) is 0.188. The zero-order valence-electron chi connectivity index (χ0n) is 12.4. The lowest BCUT2D eigenvalue weighted by atomic mass is 10.2. The van der Waals surface area contributed by atoms with Crippen molar-refractivity contribution in [1.29, 1.82) is 0 Å². The number of rotatable bonds is 4. The zero-order chi connectivity index (χ0) is 15.5. The van der Waals surface area contributed by atoms with Crippen molar-refractivity contribution in [3.8, 4) is 10.6 Å². The van der Waals surface area contributed by atoms with E-state index in [-0.39, 0.29) is 5.56 Å². The third kappa shape index (κ3) is 2.92. The highest BCUT2D eigenvalue weighted by atomic mass is 32.1. The van der Waals surface area contributed by atoms with Crippen LogP contribution in [0.3, 0.4) is 0 Å². The van der Waals surface area contributed by atoms with E-state index in [0.717, 1.165) is 16.3 Å². The maximum atomic E-state index is 12.2. The first-order chi connectivity index (χ1) is 10.6. The Morgan fingerprint density at radius 2 is 2.14 bits per heavy atom. The molecule has 0 aliphatic heterocycles. The van der Waals surface area contributed by atoms with E-state index < -0.39 is 0 Å². The molecule has 5 nitrogen and oxygen atoms in total. The maximum absolute atomic E-state index is 12.2. The van der Waals surface area contributed by atoms with Crippen LogP contribution in [-0.4, -0.2) is 14.5 Å². The van der Waals surface area contributed by atoms with E-state index in [4.69, 9.17) is 0 Å². The SMILES string of the molecule is Cc1ccc(CNc2cncc(-c3cccs3)n2)c(=O)n1C. The average Bonchev–Trinajstić information content (AvgIpc) is 3.07. The van der Waals surface area contributed by atoms with Crippen molar-refractivity contribution in [1.82, 2.24) is 14.5 Å². The molecule has 112 valence electrons. The summed E-state index contributed by atoms with van der Waals surface area (Å²) in [4.78, 5) is 22.0. The van der Waals surface area contributed by atoms with Crippen LogP contribution in [0, 0.1) is 6.92 Å². The summed E-state index contributed by atoms with van der Waals surface area (Å²) in [5.74, 6) is 0.661. The Hall–Kier alpha value is -2.47. The van der Waals surface area contributed by atoms with Gasteiger partial charge in [-0.2, -0.15) is 0 Å². The van der Waals surface area contributed by atoms with E-state index >= 15 is 0 Å². The average molecular weight is 312 g/mol. The van der Waals surface area contributed by atoms with Gasteiger partial charge in [0, 0.05) is 24.8 Å². The summed E-state index contributed by atoms with van der Waals surface area (Å²) >= 11 is 1.62. The van der Waals surface area contributed by atoms with E-state index in [1.807, 2.05) is 36.6 Å². The molecular formula is C16H16N4OS. The molecule has 0 saturated heterocycles. The lowest BCUT2D eigenvalue weighted by Gasteiger charge is -2.09. The van der Waals surface area contributed by atoms with Crippen LogP contribution in [0.4, 0.5) is 5.82 Å². The van der Waals surface area contributed by atoms with Crippen LogP contribution in [0.1, 0.15) is 11.3 Å². The maximum Gasteiger partial charge on any atom is 0.255 e. The highest BCUT2D eigenvalue weighted by Crippen LogP contribution is 2.22. The third-order valence-electron chi connectivity index (χ3n) is 3.50. The molecule has 0 bridgehead atoms. The first-order valence-corrected chi connectivity index (χ1v) is 7.78. The molecule has 0 amide bonds. The minimum absolute atomic E-state index is 0.00914. The van der Waals surface area contributed by atoms with Gasteiger partial charge in [0.1, 0.15) is 11.5 Å². The van der Waals surface area contributed by atoms with Crippen molar-refractivity contribution in [3.63, 3.8) is 0 Å². The van der Waals surface area contributed by atoms with E-state index in [9.17, 15) is 4.79 Å². The molecule has 6 heteroatoms. The topological polar surface area (TPSA) is 59.8 Å². The normalized spacial score (nSPS) is 10.6. The number of anilines is 1. The predicted octanol–water partition coefficient (Wildman–Crippen LogP) is 2.82. The van der Waals surface area contributed by atoms with Crippen molar-refractivity contribution < 1.29 is 0 Å². The Morgan fingerprint density at radius 3 is 2.91 bits per heavy atom. The lowest BCUT2D eigenvalue weighted by molar-refractivity contribution is 0.799. The van der Waals surface area contributed by atoms with Crippen molar-refractivity contribution in [2.75, 3.05) is 5.32 Å². The van der Waals surface area contributed by atoms with Gasteiger partial charge in [0.2, 0.25) is 0 Å². The number of thiophene rings is 1. The fourth-order valence-corrected chi connectivity index (χ4v) is 2.77. The van der Waals surface area contributed by atoms with Crippen molar-refractivity contribution >= 4 is 17.2 Å². The predicted molar refractivity (Wildman–Crippen MR) is 89.1 cm³/mol. The van der Waals surface area contributed by atoms with Crippen molar-refractivity contribution in [2.24, 2.45) is 7.05 Å². The quantitative estimate of drug-likeness (QED) is 0.805. The number of aryl methyl sites for hydroxylation is 1. The lowest BCUT2D eigenvalue weighted by Crippen LogP contribution is -2.24. The van der Waals surface area contributed by atoms with Gasteiger partial charge < -0.3 is 9.88 Å². The minimum Gasteiger partial charge on any atom is -0.364 e. The molecule has 3 heterocycles. The standard InChI is InChI=1S/C16H16N4OS/c1-11-5-6-12(16(21)20(11)2)8-18-15-10-17-9-13(19-15)14-4-3-7-22-14/h3-7,9-10H,8H2,1-2H3,(H,18,19). The van der Waals surface area contributed by atoms with E-state index in [1.54, 1.807) is 35.3 Å². The molecule has 0 aliphatic rings. The molecule has 0 atom stereocenters. The molecule has 3 aromatic heterocycles. The smallest absolute Gasteiger partial charge is 0.255 e. The minimum atomic E-state index is 0.00914. The Labute approximate surface area is 132 Å². The summed E-state index contributed by atoms with van der Waals surface area (Å²) in [5, 5.41) is 5.18. The van der Waals surface area contributed by atoms with Gasteiger partial charge in [-0.05, 0) is 24.4 Å². The molecule has 0 fully saturated rings. The van der Waals surface area contributed by atoms with Crippen molar-refractivity contribution in [3.05, 3.63) is 63.7 Å². The Kier molecular flexibility index (Phi) is 4.02. The molecule has 3 aromatic rings. The van der Waals surface area contributed by atoms with Gasteiger partial charge in [0.15, 0.2) is 0 Å². The van der Waals surface area contributed by atoms with Gasteiger partial charge in [0.05, 0.1) is 17.3 Å². The van der Waals surface area contributed by atoms with E-state index in [0.29, 0.717) is 17.9 Å². The number of nitrogens with one attached hydrogen (secondary N) is 1. The molecule has 3 rings (SSSR count). The largest absolute Gasteiger partial charge is 0.364 e. The summed E-state index contributed by atoms with van der Waals surface area (Å²) in [6.07, 6.45) is 3.40. The summed E-state index contributed by atoms with van der Waals surface area (Å²) in [7, 11) is 1.78. The van der Waals surface area contributed by atoms with Gasteiger partial charge in [0.25, 0.3) is 5.56 Å². The van der Waals surface area contributed by atoms with Gasteiger partial charge in [-0.25, -0.2) is 4.98 Å². The number of nitrogens with zero attached hydrogens (tertiary/aromatic N) is 3. The molecule has 0 saturated carbocycles. The highest BCUT2D eigenvalue weighted by Gasteiger charge is 2.06. The fourth-order valence-electron chi connectivity index (χ4n) is 2.09. The summed E-state index contributed by atoms with van der Waals surface area (Å²) < 4.78 is 1.64. The molecule has 0 aromatic carbocycles. The third-order valence-corrected chi connectivity index (χ3v) is 4.39. The number of aromatic nitrogens is 3. The van der Waals surface area contributed by atoms with E-state index in [1.165, 1.54) is 0 Å². The van der Waals surface area contributed by atoms with Crippen molar-refractivity contribution in [2.45, 2.75) is 13.5 Å². The molecule has 0 spiro atoms. The molecule has 0 aliphatic carbocycles. The van der Waals surface area contributed by atoms with Crippen LogP contribution in [0.25, 0.3) is 10.6 Å². The summed E-state index contributed by atoms with van der Waals surface area (Å²) in [5.41, 5.74) is 2.48. The van der Waals surface area contributed by atoms with Crippen LogP contribution >= 0.6 is 11.3 Å².